The zero-order valence-corrected chi connectivity index (χ0v) is 17.9. The molecule has 1 saturated heterocycles. The molecule has 8 heteroatoms. The summed E-state index contributed by atoms with van der Waals surface area (Å²) in [7, 11) is 0. The summed E-state index contributed by atoms with van der Waals surface area (Å²) in [6, 6.07) is 11.6. The lowest BCUT2D eigenvalue weighted by molar-refractivity contribution is -0.121. The zero-order valence-electron chi connectivity index (χ0n) is 17.1. The molecule has 2 aromatic heterocycles. The molecule has 0 atom stereocenters. The van der Waals surface area contributed by atoms with E-state index in [1.54, 1.807) is 4.90 Å². The number of nitriles is 1. The molecule has 0 radical (unpaired) electrons. The average molecular weight is 433 g/mol. The highest BCUT2D eigenvalue weighted by molar-refractivity contribution is 7.19. The quantitative estimate of drug-likeness (QED) is 0.589. The Hall–Kier alpha value is -3.28. The summed E-state index contributed by atoms with van der Waals surface area (Å²) in [5.74, 6) is 0.423. The highest BCUT2D eigenvalue weighted by Gasteiger charge is 2.27. The van der Waals surface area contributed by atoms with E-state index in [-0.39, 0.29) is 11.9 Å². The number of carbonyl (C=O) groups is 2. The van der Waals surface area contributed by atoms with Crippen LogP contribution in [0.5, 0.6) is 0 Å². The predicted molar refractivity (Wildman–Crippen MR) is 117 cm³/mol. The van der Waals surface area contributed by atoms with Crippen molar-refractivity contribution in [2.75, 3.05) is 31.1 Å². The Morgan fingerprint density at radius 3 is 2.90 bits per heavy atom. The second-order valence-electron chi connectivity index (χ2n) is 7.81. The van der Waals surface area contributed by atoms with Crippen LogP contribution in [0.25, 0.3) is 10.2 Å². The second-order valence-corrected chi connectivity index (χ2v) is 8.84. The molecule has 0 unspecified atom stereocenters. The molecule has 0 N–H and O–H groups in total. The van der Waals surface area contributed by atoms with Gasteiger partial charge in [0.15, 0.2) is 0 Å². The molecule has 0 saturated carbocycles. The first kappa shape index (κ1) is 19.7. The van der Waals surface area contributed by atoms with E-state index >= 15 is 0 Å². The molecule has 31 heavy (non-hydrogen) atoms. The van der Waals surface area contributed by atoms with Crippen LogP contribution in [0.4, 0.5) is 5.82 Å². The number of anilines is 1. The molecule has 0 aliphatic carbocycles. The van der Waals surface area contributed by atoms with Crippen molar-refractivity contribution in [1.82, 2.24) is 9.88 Å². The fraction of sp³-hybridized carbons (Fsp3) is 0.304. The Morgan fingerprint density at radius 2 is 2.10 bits per heavy atom. The summed E-state index contributed by atoms with van der Waals surface area (Å²) in [6.45, 7) is 4.85. The summed E-state index contributed by atoms with van der Waals surface area (Å²) in [5, 5.41) is 10.0. The number of thiophene rings is 1. The largest absolute Gasteiger partial charge is 0.457 e. The molecular weight excluding hydrogens is 412 g/mol. The molecule has 1 fully saturated rings. The number of hydrogen-bond acceptors (Lipinski definition) is 7. The van der Waals surface area contributed by atoms with Crippen molar-refractivity contribution >= 4 is 39.2 Å². The number of cyclic esters (lactones) is 1. The maximum atomic E-state index is 12.8. The van der Waals surface area contributed by atoms with Crippen LogP contribution in [0.3, 0.4) is 0 Å². The number of aromatic nitrogens is 1. The Labute approximate surface area is 183 Å². The SMILES string of the molecule is Cc1c(CCN2CCN(c3ccc4cc(C#N)sc4n3)C(=O)C2)ccc2c1COC2=O. The second kappa shape index (κ2) is 7.76. The van der Waals surface area contributed by atoms with E-state index in [2.05, 4.69) is 16.0 Å². The standard InChI is InChI=1S/C23H20N4O3S/c1-14-15(2-4-18-19(14)13-30-23(18)29)6-7-26-8-9-27(21(28)12-26)20-5-3-16-10-17(11-24)31-22(16)25-20/h2-5,10H,6-9,12-13H2,1H3. The first-order valence-corrected chi connectivity index (χ1v) is 11.0. The van der Waals surface area contributed by atoms with Gasteiger partial charge in [-0.2, -0.15) is 5.26 Å². The minimum absolute atomic E-state index is 0.0276. The summed E-state index contributed by atoms with van der Waals surface area (Å²) in [6.07, 6.45) is 0.816. The number of fused-ring (bicyclic) bond motifs is 2. The molecular formula is C23H20N4O3S. The van der Waals surface area contributed by atoms with Crippen molar-refractivity contribution in [3.63, 3.8) is 0 Å². The lowest BCUT2D eigenvalue weighted by atomic mass is 9.96. The maximum Gasteiger partial charge on any atom is 0.338 e. The van der Waals surface area contributed by atoms with Gasteiger partial charge in [-0.1, -0.05) is 6.07 Å². The van der Waals surface area contributed by atoms with Crippen LogP contribution in [-0.4, -0.2) is 47.9 Å². The van der Waals surface area contributed by atoms with Gasteiger partial charge in [0.05, 0.1) is 12.1 Å². The zero-order chi connectivity index (χ0) is 21.5. The first-order chi connectivity index (χ1) is 15.0. The van der Waals surface area contributed by atoms with Gasteiger partial charge < -0.3 is 4.74 Å². The number of pyridine rings is 1. The van der Waals surface area contributed by atoms with Crippen LogP contribution >= 0.6 is 11.3 Å². The van der Waals surface area contributed by atoms with Gasteiger partial charge in [-0.25, -0.2) is 9.78 Å². The Bertz CT molecular complexity index is 1260. The van der Waals surface area contributed by atoms with Gasteiger partial charge in [-0.3, -0.25) is 14.6 Å². The molecule has 156 valence electrons. The van der Waals surface area contributed by atoms with Crippen molar-refractivity contribution in [3.05, 3.63) is 57.5 Å². The predicted octanol–water partition coefficient (Wildman–Crippen LogP) is 3.04. The number of carbonyl (C=O) groups excluding carboxylic acids is 2. The van der Waals surface area contributed by atoms with Crippen LogP contribution in [0, 0.1) is 18.3 Å². The highest BCUT2D eigenvalue weighted by Crippen LogP contribution is 2.28. The lowest BCUT2D eigenvalue weighted by Crippen LogP contribution is -2.51. The molecule has 4 heterocycles. The van der Waals surface area contributed by atoms with E-state index in [1.807, 2.05) is 37.3 Å². The minimum atomic E-state index is -0.246. The third-order valence-corrected chi connectivity index (χ3v) is 6.98. The lowest BCUT2D eigenvalue weighted by Gasteiger charge is -2.33. The fourth-order valence-corrected chi connectivity index (χ4v) is 5.04. The molecule has 0 bridgehead atoms. The fourth-order valence-electron chi connectivity index (χ4n) is 4.22. The van der Waals surface area contributed by atoms with Crippen LogP contribution in [0.15, 0.2) is 30.3 Å². The van der Waals surface area contributed by atoms with Gasteiger partial charge >= 0.3 is 5.97 Å². The van der Waals surface area contributed by atoms with Crippen molar-refractivity contribution in [3.8, 4) is 6.07 Å². The Balaban J connectivity index is 1.24. The van der Waals surface area contributed by atoms with E-state index < -0.39 is 0 Å². The number of nitrogens with zero attached hydrogens (tertiary/aromatic N) is 4. The summed E-state index contributed by atoms with van der Waals surface area (Å²) in [4.78, 5) is 34.4. The number of hydrogen-bond donors (Lipinski definition) is 0. The van der Waals surface area contributed by atoms with E-state index in [1.165, 1.54) is 16.9 Å². The number of amides is 1. The highest BCUT2D eigenvalue weighted by atomic mass is 32.1. The van der Waals surface area contributed by atoms with Crippen LogP contribution in [-0.2, 0) is 22.6 Å². The third kappa shape index (κ3) is 3.56. The van der Waals surface area contributed by atoms with Crippen molar-refractivity contribution in [2.45, 2.75) is 20.0 Å². The molecule has 1 amide bonds. The van der Waals surface area contributed by atoms with E-state index in [0.717, 1.165) is 40.9 Å². The first-order valence-electron chi connectivity index (χ1n) is 10.2. The van der Waals surface area contributed by atoms with Crippen LogP contribution in [0.1, 0.15) is 31.9 Å². The van der Waals surface area contributed by atoms with Gasteiger partial charge in [-0.05, 0) is 48.7 Å². The van der Waals surface area contributed by atoms with Crippen molar-refractivity contribution in [2.24, 2.45) is 0 Å². The number of ether oxygens (including phenoxy) is 1. The van der Waals surface area contributed by atoms with Crippen LogP contribution in [0.2, 0.25) is 0 Å². The summed E-state index contributed by atoms with van der Waals surface area (Å²) in [5.41, 5.74) is 3.95. The molecule has 0 spiro atoms. The molecule has 1 aromatic carbocycles. The Morgan fingerprint density at radius 1 is 1.23 bits per heavy atom. The van der Waals surface area contributed by atoms with Gasteiger partial charge in [0.1, 0.15) is 28.2 Å². The van der Waals surface area contributed by atoms with E-state index in [0.29, 0.717) is 36.0 Å². The number of benzene rings is 1. The summed E-state index contributed by atoms with van der Waals surface area (Å²) < 4.78 is 5.14. The molecule has 5 rings (SSSR count). The molecule has 2 aliphatic rings. The van der Waals surface area contributed by atoms with E-state index in [9.17, 15) is 9.59 Å². The van der Waals surface area contributed by atoms with Gasteiger partial charge in [-0.15, -0.1) is 11.3 Å². The number of esters is 1. The van der Waals surface area contributed by atoms with Gasteiger partial charge in [0.25, 0.3) is 0 Å². The minimum Gasteiger partial charge on any atom is -0.457 e. The number of piperazine rings is 1. The van der Waals surface area contributed by atoms with Gasteiger partial charge in [0, 0.05) is 30.6 Å². The molecule has 7 nitrogen and oxygen atoms in total. The molecule has 2 aliphatic heterocycles. The van der Waals surface area contributed by atoms with Crippen LogP contribution < -0.4 is 4.90 Å². The third-order valence-electron chi connectivity index (χ3n) is 6.03. The Kier molecular flexibility index (Phi) is 4.93. The normalized spacial score (nSPS) is 16.5. The van der Waals surface area contributed by atoms with E-state index in [4.69, 9.17) is 10.00 Å². The average Bonchev–Trinajstić information content (AvgIpc) is 3.36. The maximum absolute atomic E-state index is 12.8. The number of rotatable bonds is 4. The topological polar surface area (TPSA) is 86.5 Å². The smallest absolute Gasteiger partial charge is 0.338 e. The molecule has 3 aromatic rings. The van der Waals surface area contributed by atoms with Crippen molar-refractivity contribution in [1.29, 1.82) is 5.26 Å². The van der Waals surface area contributed by atoms with Gasteiger partial charge in [0.2, 0.25) is 5.91 Å². The summed E-state index contributed by atoms with van der Waals surface area (Å²) >= 11 is 1.34. The van der Waals surface area contributed by atoms with Crippen molar-refractivity contribution < 1.29 is 14.3 Å². The monoisotopic (exact) mass is 432 g/mol.